The normalized spacial score (nSPS) is 13.9. The van der Waals surface area contributed by atoms with E-state index in [1.165, 1.54) is 6.42 Å². The lowest BCUT2D eigenvalue weighted by Gasteiger charge is -2.27. The van der Waals surface area contributed by atoms with Gasteiger partial charge in [0.1, 0.15) is 0 Å². The van der Waals surface area contributed by atoms with Crippen LogP contribution in [0.3, 0.4) is 0 Å². The highest BCUT2D eigenvalue weighted by molar-refractivity contribution is 5.90. The quantitative estimate of drug-likeness (QED) is 0.826. The van der Waals surface area contributed by atoms with E-state index in [9.17, 15) is 4.79 Å². The highest BCUT2D eigenvalue weighted by atomic mass is 16.2. The van der Waals surface area contributed by atoms with Crippen molar-refractivity contribution in [3.63, 3.8) is 0 Å². The van der Waals surface area contributed by atoms with E-state index >= 15 is 0 Å². The van der Waals surface area contributed by atoms with E-state index in [0.29, 0.717) is 17.7 Å². The van der Waals surface area contributed by atoms with Gasteiger partial charge in [0.15, 0.2) is 5.82 Å². The van der Waals surface area contributed by atoms with Crippen LogP contribution in [0.4, 0.5) is 22.4 Å². The van der Waals surface area contributed by atoms with Gasteiger partial charge in [-0.3, -0.25) is 0 Å². The van der Waals surface area contributed by atoms with Crippen LogP contribution >= 0.6 is 0 Å². The Bertz CT molecular complexity index is 831. The first-order valence-electron chi connectivity index (χ1n) is 9.72. The summed E-state index contributed by atoms with van der Waals surface area (Å²) < 4.78 is 0. The fourth-order valence-electron chi connectivity index (χ4n) is 3.12. The van der Waals surface area contributed by atoms with E-state index in [-0.39, 0.29) is 12.6 Å². The Labute approximate surface area is 166 Å². The average molecular weight is 384 g/mol. The van der Waals surface area contributed by atoms with Gasteiger partial charge in [0.05, 0.1) is 6.54 Å². The molecule has 2 heterocycles. The summed E-state index contributed by atoms with van der Waals surface area (Å²) in [6.07, 6.45) is 3.54. The second-order valence-electron chi connectivity index (χ2n) is 7.35. The Balaban J connectivity index is 1.69. The van der Waals surface area contributed by atoms with Crippen LogP contribution in [0, 0.1) is 13.8 Å². The van der Waals surface area contributed by atoms with E-state index in [4.69, 9.17) is 0 Å². The SMILES string of the molecule is Cc1cccc(NC(=O)NCc2nc(N(C)C)nc(N3CCCCC3)n2)c1C. The van der Waals surface area contributed by atoms with E-state index in [1.54, 1.807) is 0 Å². The van der Waals surface area contributed by atoms with Crippen LogP contribution < -0.4 is 20.4 Å². The van der Waals surface area contributed by atoms with Crippen molar-refractivity contribution < 1.29 is 4.79 Å². The molecular weight excluding hydrogens is 354 g/mol. The number of nitrogens with one attached hydrogen (secondary N) is 2. The first kappa shape index (κ1) is 19.9. The van der Waals surface area contributed by atoms with Crippen molar-refractivity contribution in [2.75, 3.05) is 42.3 Å². The molecule has 1 fully saturated rings. The molecule has 0 bridgehead atoms. The molecular formula is C20H29N7O. The van der Waals surface area contributed by atoms with E-state index < -0.39 is 0 Å². The first-order valence-corrected chi connectivity index (χ1v) is 9.72. The molecule has 0 aliphatic carbocycles. The number of hydrogen-bond acceptors (Lipinski definition) is 6. The zero-order chi connectivity index (χ0) is 20.1. The number of benzene rings is 1. The molecule has 1 saturated heterocycles. The molecule has 0 spiro atoms. The molecule has 3 rings (SSSR count). The molecule has 0 saturated carbocycles. The maximum absolute atomic E-state index is 12.3. The number of anilines is 3. The van der Waals surface area contributed by atoms with Gasteiger partial charge in [-0.2, -0.15) is 15.0 Å². The molecule has 2 amide bonds. The van der Waals surface area contributed by atoms with Crippen molar-refractivity contribution in [2.45, 2.75) is 39.7 Å². The lowest BCUT2D eigenvalue weighted by atomic mass is 10.1. The van der Waals surface area contributed by atoms with Gasteiger partial charge in [-0.1, -0.05) is 12.1 Å². The standard InChI is InChI=1S/C20H29N7O/c1-14-9-8-10-16(15(14)2)22-20(28)21-13-17-23-18(26(3)4)25-19(24-17)27-11-6-5-7-12-27/h8-10H,5-7,11-13H2,1-4H3,(H2,21,22,28). The highest BCUT2D eigenvalue weighted by Gasteiger charge is 2.17. The fraction of sp³-hybridized carbons (Fsp3) is 0.500. The Hall–Kier alpha value is -2.90. The van der Waals surface area contributed by atoms with Crippen LogP contribution in [0.25, 0.3) is 0 Å². The number of amides is 2. The topological polar surface area (TPSA) is 86.3 Å². The molecule has 1 aromatic heterocycles. The van der Waals surface area contributed by atoms with Crippen LogP contribution in [-0.2, 0) is 6.54 Å². The summed E-state index contributed by atoms with van der Waals surface area (Å²) in [7, 11) is 3.81. The Morgan fingerprint density at radius 3 is 2.57 bits per heavy atom. The summed E-state index contributed by atoms with van der Waals surface area (Å²) in [5.41, 5.74) is 2.99. The Morgan fingerprint density at radius 1 is 1.11 bits per heavy atom. The molecule has 2 N–H and O–H groups in total. The minimum absolute atomic E-state index is 0.237. The summed E-state index contributed by atoms with van der Waals surface area (Å²) >= 11 is 0. The summed E-state index contributed by atoms with van der Waals surface area (Å²) in [4.78, 5) is 30.0. The number of urea groups is 1. The maximum Gasteiger partial charge on any atom is 0.319 e. The molecule has 8 nitrogen and oxygen atoms in total. The third-order valence-corrected chi connectivity index (χ3v) is 4.96. The van der Waals surface area contributed by atoms with Gasteiger partial charge < -0.3 is 20.4 Å². The van der Waals surface area contributed by atoms with E-state index in [2.05, 4.69) is 30.5 Å². The molecule has 1 aliphatic heterocycles. The number of carbonyl (C=O) groups is 1. The molecule has 28 heavy (non-hydrogen) atoms. The molecule has 0 unspecified atom stereocenters. The van der Waals surface area contributed by atoms with Gasteiger partial charge in [0.25, 0.3) is 0 Å². The zero-order valence-electron chi connectivity index (χ0n) is 17.1. The van der Waals surface area contributed by atoms with Crippen LogP contribution in [0.5, 0.6) is 0 Å². The number of nitrogens with zero attached hydrogens (tertiary/aromatic N) is 5. The molecule has 0 radical (unpaired) electrons. The van der Waals surface area contributed by atoms with Crippen LogP contribution in [-0.4, -0.2) is 48.2 Å². The van der Waals surface area contributed by atoms with Crippen molar-refractivity contribution >= 4 is 23.6 Å². The smallest absolute Gasteiger partial charge is 0.319 e. The maximum atomic E-state index is 12.3. The number of carbonyl (C=O) groups excluding carboxylic acids is 1. The van der Waals surface area contributed by atoms with Crippen molar-refractivity contribution in [3.8, 4) is 0 Å². The van der Waals surface area contributed by atoms with Crippen LogP contribution in [0.15, 0.2) is 18.2 Å². The lowest BCUT2D eigenvalue weighted by Crippen LogP contribution is -2.33. The molecule has 1 aliphatic rings. The summed E-state index contributed by atoms with van der Waals surface area (Å²) in [5, 5.41) is 5.75. The van der Waals surface area contributed by atoms with Gasteiger partial charge in [0, 0.05) is 32.9 Å². The summed E-state index contributed by atoms with van der Waals surface area (Å²) in [6, 6.07) is 5.57. The summed E-state index contributed by atoms with van der Waals surface area (Å²) in [5.74, 6) is 1.84. The number of hydrogen-bond donors (Lipinski definition) is 2. The lowest BCUT2D eigenvalue weighted by molar-refractivity contribution is 0.251. The van der Waals surface area contributed by atoms with Crippen LogP contribution in [0.1, 0.15) is 36.2 Å². The second-order valence-corrected chi connectivity index (χ2v) is 7.35. The van der Waals surface area contributed by atoms with Crippen molar-refractivity contribution in [1.82, 2.24) is 20.3 Å². The molecule has 2 aromatic rings. The first-order chi connectivity index (χ1) is 13.4. The molecule has 0 atom stereocenters. The third kappa shape index (κ3) is 4.88. The fourth-order valence-corrected chi connectivity index (χ4v) is 3.12. The highest BCUT2D eigenvalue weighted by Crippen LogP contribution is 2.19. The number of aromatic nitrogens is 3. The predicted octanol–water partition coefficient (Wildman–Crippen LogP) is 2.87. The molecule has 150 valence electrons. The minimum Gasteiger partial charge on any atom is -0.347 e. The summed E-state index contributed by atoms with van der Waals surface area (Å²) in [6.45, 7) is 6.16. The number of rotatable bonds is 5. The monoisotopic (exact) mass is 383 g/mol. The minimum atomic E-state index is -0.278. The van der Waals surface area contributed by atoms with Gasteiger partial charge >= 0.3 is 6.03 Å². The van der Waals surface area contributed by atoms with Gasteiger partial charge in [-0.25, -0.2) is 4.79 Å². The Morgan fingerprint density at radius 2 is 1.86 bits per heavy atom. The van der Waals surface area contributed by atoms with Gasteiger partial charge in [0.2, 0.25) is 11.9 Å². The largest absolute Gasteiger partial charge is 0.347 e. The average Bonchev–Trinajstić information content (AvgIpc) is 2.70. The Kier molecular flexibility index (Phi) is 6.28. The molecule has 8 heteroatoms. The van der Waals surface area contributed by atoms with E-state index in [1.807, 2.05) is 51.0 Å². The van der Waals surface area contributed by atoms with Crippen molar-refractivity contribution in [2.24, 2.45) is 0 Å². The number of aryl methyl sites for hydroxylation is 1. The third-order valence-electron chi connectivity index (χ3n) is 4.96. The van der Waals surface area contributed by atoms with Gasteiger partial charge in [-0.15, -0.1) is 0 Å². The van der Waals surface area contributed by atoms with Gasteiger partial charge in [-0.05, 0) is 50.3 Å². The number of piperidine rings is 1. The van der Waals surface area contributed by atoms with Crippen LogP contribution in [0.2, 0.25) is 0 Å². The second kappa shape index (κ2) is 8.86. The van der Waals surface area contributed by atoms with Crippen molar-refractivity contribution in [3.05, 3.63) is 35.2 Å². The molecule has 1 aromatic carbocycles. The zero-order valence-corrected chi connectivity index (χ0v) is 17.1. The van der Waals surface area contributed by atoms with E-state index in [0.717, 1.165) is 42.7 Å². The predicted molar refractivity (Wildman–Crippen MR) is 112 cm³/mol. The van der Waals surface area contributed by atoms with Crippen molar-refractivity contribution in [1.29, 1.82) is 0 Å².